The van der Waals surface area contributed by atoms with Gasteiger partial charge in [-0.25, -0.2) is 4.39 Å². The van der Waals surface area contributed by atoms with Crippen molar-refractivity contribution < 1.29 is 13.9 Å². The summed E-state index contributed by atoms with van der Waals surface area (Å²) in [5, 5.41) is 0. The first-order chi connectivity index (χ1) is 10.0. The van der Waals surface area contributed by atoms with E-state index in [-0.39, 0.29) is 23.7 Å². The van der Waals surface area contributed by atoms with E-state index >= 15 is 0 Å². The molecule has 0 aromatic carbocycles. The molecule has 0 bridgehead atoms. The molecule has 1 saturated heterocycles. The van der Waals surface area contributed by atoms with Gasteiger partial charge in [-0.3, -0.25) is 14.7 Å². The Balaban J connectivity index is 1.98. The van der Waals surface area contributed by atoms with Crippen molar-refractivity contribution in [2.45, 2.75) is 19.1 Å². The number of aromatic nitrogens is 1. The van der Waals surface area contributed by atoms with E-state index in [9.17, 15) is 9.18 Å². The maximum atomic E-state index is 13.7. The van der Waals surface area contributed by atoms with E-state index < -0.39 is 0 Å². The van der Waals surface area contributed by atoms with Gasteiger partial charge >= 0.3 is 0 Å². The third kappa shape index (κ3) is 3.98. The van der Waals surface area contributed by atoms with Crippen LogP contribution in [0.3, 0.4) is 0 Å². The van der Waals surface area contributed by atoms with Crippen LogP contribution in [0.2, 0.25) is 0 Å². The van der Waals surface area contributed by atoms with Gasteiger partial charge in [0.1, 0.15) is 5.82 Å². The van der Waals surface area contributed by atoms with Crippen molar-refractivity contribution in [2.24, 2.45) is 5.92 Å². The zero-order valence-electron chi connectivity index (χ0n) is 12.8. The number of methoxy groups -OCH3 is 1. The predicted octanol–water partition coefficient (Wildman–Crippen LogP) is 1.15. The lowest BCUT2D eigenvalue weighted by atomic mass is 10.0. The van der Waals surface area contributed by atoms with Gasteiger partial charge < -0.3 is 9.64 Å². The highest BCUT2D eigenvalue weighted by atomic mass is 19.1. The van der Waals surface area contributed by atoms with Gasteiger partial charge in [0.2, 0.25) is 5.91 Å². The Kier molecular flexibility index (Phi) is 5.25. The van der Waals surface area contributed by atoms with E-state index in [2.05, 4.69) is 9.88 Å². The van der Waals surface area contributed by atoms with Gasteiger partial charge in [-0.15, -0.1) is 0 Å². The summed E-state index contributed by atoms with van der Waals surface area (Å²) in [6.07, 6.45) is 2.04. The molecular formula is C15H22FN3O2. The molecule has 0 saturated carbocycles. The second kappa shape index (κ2) is 6.95. The second-order valence-corrected chi connectivity index (χ2v) is 5.65. The van der Waals surface area contributed by atoms with Crippen molar-refractivity contribution in [2.75, 3.05) is 34.3 Å². The fourth-order valence-electron chi connectivity index (χ4n) is 2.67. The summed E-state index contributed by atoms with van der Waals surface area (Å²) < 4.78 is 19.1. The fraction of sp³-hybridized carbons (Fsp3) is 0.600. The topological polar surface area (TPSA) is 45.7 Å². The van der Waals surface area contributed by atoms with Crippen LogP contribution in [0.1, 0.15) is 12.1 Å². The van der Waals surface area contributed by atoms with Gasteiger partial charge in [-0.1, -0.05) is 0 Å². The van der Waals surface area contributed by atoms with Gasteiger partial charge in [0.25, 0.3) is 0 Å². The Morgan fingerprint density at radius 2 is 2.29 bits per heavy atom. The molecule has 2 atom stereocenters. The van der Waals surface area contributed by atoms with Crippen molar-refractivity contribution in [1.29, 1.82) is 0 Å². The molecular weight excluding hydrogens is 273 g/mol. The van der Waals surface area contributed by atoms with Gasteiger partial charge in [-0.2, -0.15) is 0 Å². The van der Waals surface area contributed by atoms with E-state index in [0.29, 0.717) is 31.7 Å². The van der Waals surface area contributed by atoms with Crippen molar-refractivity contribution in [1.82, 2.24) is 14.8 Å². The average Bonchev–Trinajstić information content (AvgIpc) is 2.83. The standard InChI is InChI=1S/C15H22FN3O2/c1-18(2)15(20)7-11-8-19(10-14(11)21-3)9-13-12(16)5-4-6-17-13/h4-6,11,14H,7-10H2,1-3H3/t11-,14-/m0/s1. The number of carbonyl (C=O) groups is 1. The highest BCUT2D eigenvalue weighted by molar-refractivity contribution is 5.75. The number of pyridine rings is 1. The number of ether oxygens (including phenoxy) is 1. The Labute approximate surface area is 124 Å². The quantitative estimate of drug-likeness (QED) is 0.817. The molecule has 1 aliphatic rings. The van der Waals surface area contributed by atoms with Crippen LogP contribution in [-0.4, -0.2) is 61.1 Å². The molecule has 0 spiro atoms. The Morgan fingerprint density at radius 1 is 1.52 bits per heavy atom. The molecule has 1 aromatic rings. The first-order valence-electron chi connectivity index (χ1n) is 7.06. The van der Waals surface area contributed by atoms with Crippen LogP contribution in [0.15, 0.2) is 18.3 Å². The summed E-state index contributed by atoms with van der Waals surface area (Å²) in [6.45, 7) is 1.85. The molecule has 6 heteroatoms. The Morgan fingerprint density at radius 3 is 2.90 bits per heavy atom. The lowest BCUT2D eigenvalue weighted by Gasteiger charge is -2.18. The number of amides is 1. The second-order valence-electron chi connectivity index (χ2n) is 5.65. The molecule has 0 radical (unpaired) electrons. The van der Waals surface area contributed by atoms with Crippen LogP contribution in [0, 0.1) is 11.7 Å². The third-order valence-corrected chi connectivity index (χ3v) is 3.90. The molecule has 1 amide bonds. The molecule has 1 aliphatic heterocycles. The smallest absolute Gasteiger partial charge is 0.222 e. The summed E-state index contributed by atoms with van der Waals surface area (Å²) in [7, 11) is 5.16. The number of likely N-dealkylation sites (tertiary alicyclic amines) is 1. The van der Waals surface area contributed by atoms with E-state index in [1.807, 2.05) is 0 Å². The number of hydrogen-bond acceptors (Lipinski definition) is 4. The molecule has 2 heterocycles. The molecule has 0 aliphatic carbocycles. The van der Waals surface area contributed by atoms with E-state index in [1.165, 1.54) is 6.07 Å². The van der Waals surface area contributed by atoms with Crippen LogP contribution in [-0.2, 0) is 16.1 Å². The van der Waals surface area contributed by atoms with Crippen molar-refractivity contribution in [3.8, 4) is 0 Å². The fourth-order valence-corrected chi connectivity index (χ4v) is 2.67. The first kappa shape index (κ1) is 15.9. The van der Waals surface area contributed by atoms with Crippen LogP contribution >= 0.6 is 0 Å². The van der Waals surface area contributed by atoms with Crippen LogP contribution < -0.4 is 0 Å². The van der Waals surface area contributed by atoms with Gasteiger partial charge in [0.15, 0.2) is 0 Å². The SMILES string of the molecule is CO[C@H]1CN(Cc2ncccc2F)C[C@@H]1CC(=O)N(C)C. The predicted molar refractivity (Wildman–Crippen MR) is 77.1 cm³/mol. The summed E-state index contributed by atoms with van der Waals surface area (Å²) >= 11 is 0. The number of hydrogen-bond donors (Lipinski definition) is 0. The highest BCUT2D eigenvalue weighted by Crippen LogP contribution is 2.24. The summed E-state index contributed by atoms with van der Waals surface area (Å²) in [5.41, 5.74) is 0.437. The number of rotatable bonds is 5. The minimum absolute atomic E-state index is 0.000624. The Hall–Kier alpha value is -1.53. The van der Waals surface area contributed by atoms with E-state index in [4.69, 9.17) is 4.74 Å². The maximum absolute atomic E-state index is 13.7. The minimum atomic E-state index is -0.292. The average molecular weight is 295 g/mol. The van der Waals surface area contributed by atoms with E-state index in [0.717, 1.165) is 0 Å². The Bertz CT molecular complexity index is 496. The normalized spacial score (nSPS) is 22.5. The molecule has 2 rings (SSSR count). The minimum Gasteiger partial charge on any atom is -0.380 e. The largest absolute Gasteiger partial charge is 0.380 e. The zero-order chi connectivity index (χ0) is 15.4. The van der Waals surface area contributed by atoms with E-state index in [1.54, 1.807) is 38.4 Å². The zero-order valence-corrected chi connectivity index (χ0v) is 12.8. The summed E-state index contributed by atoms with van der Waals surface area (Å²) in [6, 6.07) is 3.00. The molecule has 1 aromatic heterocycles. The van der Waals surface area contributed by atoms with Crippen molar-refractivity contribution in [3.05, 3.63) is 29.8 Å². The molecule has 21 heavy (non-hydrogen) atoms. The molecule has 0 N–H and O–H groups in total. The van der Waals surface area contributed by atoms with Crippen molar-refractivity contribution >= 4 is 5.91 Å². The van der Waals surface area contributed by atoms with Crippen molar-refractivity contribution in [3.63, 3.8) is 0 Å². The highest BCUT2D eigenvalue weighted by Gasteiger charge is 2.34. The maximum Gasteiger partial charge on any atom is 0.222 e. The molecule has 0 unspecified atom stereocenters. The summed E-state index contributed by atoms with van der Waals surface area (Å²) in [4.78, 5) is 19.6. The van der Waals surface area contributed by atoms with Gasteiger partial charge in [-0.05, 0) is 12.1 Å². The number of nitrogens with zero attached hydrogens (tertiary/aromatic N) is 3. The molecule has 1 fully saturated rings. The monoisotopic (exact) mass is 295 g/mol. The molecule has 116 valence electrons. The van der Waals surface area contributed by atoms with Crippen LogP contribution in [0.25, 0.3) is 0 Å². The third-order valence-electron chi connectivity index (χ3n) is 3.90. The number of halogens is 1. The lowest BCUT2D eigenvalue weighted by Crippen LogP contribution is -2.29. The lowest BCUT2D eigenvalue weighted by molar-refractivity contribution is -0.130. The number of carbonyl (C=O) groups excluding carboxylic acids is 1. The van der Waals surface area contributed by atoms with Gasteiger partial charge in [0, 0.05) is 59.4 Å². The van der Waals surface area contributed by atoms with Crippen LogP contribution in [0.5, 0.6) is 0 Å². The van der Waals surface area contributed by atoms with Gasteiger partial charge in [0.05, 0.1) is 11.8 Å². The molecule has 5 nitrogen and oxygen atoms in total. The first-order valence-corrected chi connectivity index (χ1v) is 7.06. The van der Waals surface area contributed by atoms with Crippen LogP contribution in [0.4, 0.5) is 4.39 Å². The summed E-state index contributed by atoms with van der Waals surface area (Å²) in [5.74, 6) is -0.0659.